The molecule has 3 aliphatic heterocycles. The fourth-order valence-corrected chi connectivity index (χ4v) is 7.34. The predicted octanol–water partition coefficient (Wildman–Crippen LogP) is 1.61. The maximum absolute atomic E-state index is 14.3. The van der Waals surface area contributed by atoms with Gasteiger partial charge in [-0.1, -0.05) is 23.9 Å². The highest BCUT2D eigenvalue weighted by Crippen LogP contribution is 2.41. The molecule has 9 heteroatoms. The Hall–Kier alpha value is -1.45. The first-order valence-corrected chi connectivity index (χ1v) is 10.8. The summed E-state index contributed by atoms with van der Waals surface area (Å²) in [5.41, 5.74) is 0.249. The molecule has 0 bridgehead atoms. The summed E-state index contributed by atoms with van der Waals surface area (Å²) >= 11 is 1.24. The molecule has 0 aliphatic carbocycles. The van der Waals surface area contributed by atoms with Gasteiger partial charge in [-0.25, -0.2) is 12.8 Å². The summed E-state index contributed by atoms with van der Waals surface area (Å²) in [6.45, 7) is 0.537. The Morgan fingerprint density at radius 2 is 2.12 bits per heavy atom. The summed E-state index contributed by atoms with van der Waals surface area (Å²) in [6.07, 6.45) is 0.885. The quantitative estimate of drug-likeness (QED) is 0.771. The average molecular weight is 384 g/mol. The molecule has 3 aliphatic rings. The number of nitrogens with zero attached hydrogens (tertiary/aromatic N) is 2. The number of thioether (sulfide) groups is 1. The lowest BCUT2D eigenvalue weighted by atomic mass is 10.2. The van der Waals surface area contributed by atoms with Crippen LogP contribution in [0.25, 0.3) is 0 Å². The Kier molecular flexibility index (Phi) is 4.33. The normalized spacial score (nSPS) is 32.3. The monoisotopic (exact) mass is 384 g/mol. The van der Waals surface area contributed by atoms with Crippen LogP contribution in [0.3, 0.4) is 0 Å². The highest BCUT2D eigenvalue weighted by Gasteiger charge is 2.50. The van der Waals surface area contributed by atoms with Gasteiger partial charge in [0, 0.05) is 11.9 Å². The second kappa shape index (κ2) is 6.37. The standard InChI is InChI=1S/C16H17FN2O4S2/c17-10-4-1-2-5-11(10)19-12-8-25(21,22)9-14(12)24-16(19)18-15(20)13-6-3-7-23-13/h1-2,4-5,12-14H,3,6-9H2/t12-,13-,14+/m0/s1. The van der Waals surface area contributed by atoms with Crippen LogP contribution in [-0.2, 0) is 19.4 Å². The van der Waals surface area contributed by atoms with Crippen molar-refractivity contribution >= 4 is 38.4 Å². The lowest BCUT2D eigenvalue weighted by Crippen LogP contribution is -2.38. The van der Waals surface area contributed by atoms with Crippen LogP contribution in [0.5, 0.6) is 0 Å². The molecule has 4 rings (SSSR count). The third kappa shape index (κ3) is 3.20. The van der Waals surface area contributed by atoms with Gasteiger partial charge in [0.05, 0.1) is 23.2 Å². The first-order valence-electron chi connectivity index (χ1n) is 8.09. The van der Waals surface area contributed by atoms with Crippen molar-refractivity contribution in [1.82, 2.24) is 0 Å². The molecule has 6 nitrogen and oxygen atoms in total. The molecule has 25 heavy (non-hydrogen) atoms. The number of ether oxygens (including phenoxy) is 1. The molecule has 0 unspecified atom stereocenters. The number of anilines is 1. The van der Waals surface area contributed by atoms with Crippen LogP contribution in [0, 0.1) is 5.82 Å². The number of hydrogen-bond donors (Lipinski definition) is 0. The number of hydrogen-bond acceptors (Lipinski definition) is 5. The van der Waals surface area contributed by atoms with Crippen molar-refractivity contribution in [2.45, 2.75) is 30.2 Å². The molecule has 0 spiro atoms. The number of sulfone groups is 1. The van der Waals surface area contributed by atoms with E-state index in [-0.39, 0.29) is 28.4 Å². The van der Waals surface area contributed by atoms with E-state index in [1.54, 1.807) is 23.1 Å². The van der Waals surface area contributed by atoms with Gasteiger partial charge in [0.2, 0.25) is 0 Å². The summed E-state index contributed by atoms with van der Waals surface area (Å²) in [6, 6.07) is 5.73. The Balaban J connectivity index is 1.71. The van der Waals surface area contributed by atoms with Crippen LogP contribution in [0.1, 0.15) is 12.8 Å². The second-order valence-corrected chi connectivity index (χ2v) is 9.72. The number of amidine groups is 1. The maximum Gasteiger partial charge on any atom is 0.277 e. The number of amides is 1. The minimum atomic E-state index is -3.18. The van der Waals surface area contributed by atoms with Gasteiger partial charge in [-0.05, 0) is 25.0 Å². The Morgan fingerprint density at radius 1 is 1.32 bits per heavy atom. The van der Waals surface area contributed by atoms with Crippen molar-refractivity contribution < 1.29 is 22.3 Å². The number of fused-ring (bicyclic) bond motifs is 1. The molecule has 3 fully saturated rings. The zero-order valence-corrected chi connectivity index (χ0v) is 14.9. The van der Waals surface area contributed by atoms with Gasteiger partial charge in [-0.2, -0.15) is 4.99 Å². The van der Waals surface area contributed by atoms with Crippen LogP contribution in [-0.4, -0.2) is 55.0 Å². The van der Waals surface area contributed by atoms with Gasteiger partial charge in [0.25, 0.3) is 5.91 Å². The highest BCUT2D eigenvalue weighted by atomic mass is 32.2. The molecule has 0 N–H and O–H groups in total. The minimum Gasteiger partial charge on any atom is -0.368 e. The molecule has 0 radical (unpaired) electrons. The fraction of sp³-hybridized carbons (Fsp3) is 0.500. The van der Waals surface area contributed by atoms with Crippen molar-refractivity contribution in [2.75, 3.05) is 23.0 Å². The first-order chi connectivity index (χ1) is 11.9. The van der Waals surface area contributed by atoms with Crippen molar-refractivity contribution in [3.8, 4) is 0 Å². The Morgan fingerprint density at radius 3 is 2.84 bits per heavy atom. The molecule has 1 amide bonds. The molecule has 1 aromatic carbocycles. The smallest absolute Gasteiger partial charge is 0.277 e. The second-order valence-electron chi connectivity index (χ2n) is 6.36. The Labute approximate surface area is 149 Å². The largest absolute Gasteiger partial charge is 0.368 e. The van der Waals surface area contributed by atoms with Crippen molar-refractivity contribution in [1.29, 1.82) is 0 Å². The lowest BCUT2D eigenvalue weighted by Gasteiger charge is -2.25. The molecule has 0 saturated carbocycles. The van der Waals surface area contributed by atoms with E-state index in [2.05, 4.69) is 4.99 Å². The van der Waals surface area contributed by atoms with E-state index in [1.165, 1.54) is 17.8 Å². The number of carbonyl (C=O) groups excluding carboxylic acids is 1. The van der Waals surface area contributed by atoms with Gasteiger partial charge >= 0.3 is 0 Å². The van der Waals surface area contributed by atoms with E-state index in [4.69, 9.17) is 4.74 Å². The predicted molar refractivity (Wildman–Crippen MR) is 94.1 cm³/mol. The van der Waals surface area contributed by atoms with Crippen molar-refractivity contribution in [3.05, 3.63) is 30.1 Å². The molecule has 134 valence electrons. The third-order valence-corrected chi connectivity index (χ3v) is 7.80. The molecule has 3 atom stereocenters. The van der Waals surface area contributed by atoms with Gasteiger partial charge in [-0.3, -0.25) is 4.79 Å². The lowest BCUT2D eigenvalue weighted by molar-refractivity contribution is -0.126. The van der Waals surface area contributed by atoms with E-state index >= 15 is 0 Å². The number of halogens is 1. The van der Waals surface area contributed by atoms with E-state index in [1.807, 2.05) is 0 Å². The van der Waals surface area contributed by atoms with E-state index in [9.17, 15) is 17.6 Å². The average Bonchev–Trinajstić information content (AvgIpc) is 3.23. The van der Waals surface area contributed by atoms with Crippen molar-refractivity contribution in [2.24, 2.45) is 4.99 Å². The van der Waals surface area contributed by atoms with Gasteiger partial charge in [-0.15, -0.1) is 0 Å². The van der Waals surface area contributed by atoms with Crippen molar-refractivity contribution in [3.63, 3.8) is 0 Å². The number of carbonyl (C=O) groups is 1. The summed E-state index contributed by atoms with van der Waals surface area (Å²) in [7, 11) is -3.18. The van der Waals surface area contributed by atoms with Crippen LogP contribution in [0.2, 0.25) is 0 Å². The molecular weight excluding hydrogens is 367 g/mol. The first kappa shape index (κ1) is 17.0. The fourth-order valence-electron chi connectivity index (χ4n) is 3.43. The molecule has 0 aromatic heterocycles. The summed E-state index contributed by atoms with van der Waals surface area (Å²) in [4.78, 5) is 18.1. The van der Waals surface area contributed by atoms with E-state index in [0.29, 0.717) is 18.2 Å². The van der Waals surface area contributed by atoms with Gasteiger partial charge in [0.1, 0.15) is 11.9 Å². The number of para-hydroxylation sites is 1. The van der Waals surface area contributed by atoms with E-state index < -0.39 is 27.8 Å². The maximum atomic E-state index is 14.3. The van der Waals surface area contributed by atoms with Gasteiger partial charge < -0.3 is 9.64 Å². The van der Waals surface area contributed by atoms with Crippen LogP contribution in [0.4, 0.5) is 10.1 Å². The highest BCUT2D eigenvalue weighted by molar-refractivity contribution is 8.16. The number of benzene rings is 1. The Bertz CT molecular complexity index is 836. The zero-order chi connectivity index (χ0) is 17.6. The summed E-state index contributed by atoms with van der Waals surface area (Å²) in [5, 5.41) is 0.108. The molecule has 1 aromatic rings. The number of aliphatic imine (C=N–C) groups is 1. The van der Waals surface area contributed by atoms with Crippen LogP contribution in [0.15, 0.2) is 29.3 Å². The molecule has 3 saturated heterocycles. The summed E-state index contributed by atoms with van der Waals surface area (Å²) in [5.74, 6) is -0.901. The van der Waals surface area contributed by atoms with Crippen LogP contribution >= 0.6 is 11.8 Å². The zero-order valence-electron chi connectivity index (χ0n) is 13.3. The van der Waals surface area contributed by atoms with E-state index in [0.717, 1.165) is 6.42 Å². The van der Waals surface area contributed by atoms with Gasteiger partial charge in [0.15, 0.2) is 15.0 Å². The topological polar surface area (TPSA) is 76.0 Å². The number of rotatable bonds is 2. The molecular formula is C16H17FN2O4S2. The minimum absolute atomic E-state index is 0.0143. The SMILES string of the molecule is O=C(N=C1S[C@@H]2CS(=O)(=O)C[C@@H]2N1c1ccccc1F)[C@@H]1CCCO1. The summed E-state index contributed by atoms with van der Waals surface area (Å²) < 4.78 is 43.7. The third-order valence-electron chi connectivity index (χ3n) is 4.59. The molecule has 3 heterocycles. The van der Waals surface area contributed by atoms with Crippen LogP contribution < -0.4 is 4.90 Å².